The summed E-state index contributed by atoms with van der Waals surface area (Å²) in [5.41, 5.74) is 1.97. The molecule has 0 bridgehead atoms. The average Bonchev–Trinajstić information content (AvgIpc) is 2.63. The zero-order valence-corrected chi connectivity index (χ0v) is 10.7. The molecule has 1 saturated heterocycles. The first-order valence-corrected chi connectivity index (χ1v) is 6.04. The number of benzene rings is 1. The van der Waals surface area contributed by atoms with Crippen LogP contribution in [0.2, 0.25) is 5.02 Å². The van der Waals surface area contributed by atoms with Crippen LogP contribution in [0.4, 0.5) is 4.39 Å². The van der Waals surface area contributed by atoms with Crippen LogP contribution in [0.25, 0.3) is 0 Å². The Balaban J connectivity index is 2.63. The Morgan fingerprint density at radius 3 is 2.69 bits per heavy atom. The smallest absolute Gasteiger partial charge is 0.131 e. The van der Waals surface area contributed by atoms with Crippen molar-refractivity contribution in [3.63, 3.8) is 0 Å². The van der Waals surface area contributed by atoms with E-state index in [1.54, 1.807) is 13.0 Å². The Morgan fingerprint density at radius 2 is 2.12 bits per heavy atom. The van der Waals surface area contributed by atoms with Crippen LogP contribution in [0.1, 0.15) is 36.5 Å². The Labute approximate surface area is 101 Å². The van der Waals surface area contributed by atoms with Crippen LogP contribution in [-0.2, 0) is 5.54 Å². The first-order valence-electron chi connectivity index (χ1n) is 5.66. The van der Waals surface area contributed by atoms with Crippen LogP contribution in [0.15, 0.2) is 6.07 Å². The third kappa shape index (κ3) is 1.74. The van der Waals surface area contributed by atoms with Crippen LogP contribution < -0.4 is 5.32 Å². The first-order chi connectivity index (χ1) is 7.46. The molecule has 1 aromatic rings. The molecule has 0 aliphatic carbocycles. The van der Waals surface area contributed by atoms with Gasteiger partial charge in [0.15, 0.2) is 0 Å². The quantitative estimate of drug-likeness (QED) is 0.791. The predicted molar refractivity (Wildman–Crippen MR) is 65.5 cm³/mol. The third-order valence-electron chi connectivity index (χ3n) is 3.56. The molecule has 0 saturated carbocycles. The third-order valence-corrected chi connectivity index (χ3v) is 3.96. The Kier molecular flexibility index (Phi) is 2.97. The molecule has 1 unspecified atom stereocenters. The van der Waals surface area contributed by atoms with Gasteiger partial charge in [0.1, 0.15) is 5.82 Å². The van der Waals surface area contributed by atoms with Crippen LogP contribution in [0, 0.1) is 19.7 Å². The molecule has 3 heteroatoms. The molecule has 16 heavy (non-hydrogen) atoms. The first kappa shape index (κ1) is 11.9. The number of hydrogen-bond acceptors (Lipinski definition) is 1. The van der Waals surface area contributed by atoms with E-state index in [0.717, 1.165) is 30.5 Å². The van der Waals surface area contributed by atoms with E-state index in [-0.39, 0.29) is 11.4 Å². The van der Waals surface area contributed by atoms with Gasteiger partial charge in [-0.05, 0) is 57.4 Å². The largest absolute Gasteiger partial charge is 0.308 e. The summed E-state index contributed by atoms with van der Waals surface area (Å²) in [6, 6.07) is 1.70. The van der Waals surface area contributed by atoms with E-state index < -0.39 is 0 Å². The van der Waals surface area contributed by atoms with Crippen LogP contribution in [-0.4, -0.2) is 6.54 Å². The van der Waals surface area contributed by atoms with Gasteiger partial charge in [-0.25, -0.2) is 4.39 Å². The Bertz CT molecular complexity index is 396. The molecule has 0 aromatic heterocycles. The van der Waals surface area contributed by atoms with E-state index in [0.29, 0.717) is 10.6 Å². The highest BCUT2D eigenvalue weighted by Crippen LogP contribution is 2.37. The summed E-state index contributed by atoms with van der Waals surface area (Å²) in [7, 11) is 0. The van der Waals surface area contributed by atoms with E-state index in [9.17, 15) is 4.39 Å². The average molecular weight is 242 g/mol. The molecule has 1 heterocycles. The normalized spacial score (nSPS) is 25.1. The van der Waals surface area contributed by atoms with Gasteiger partial charge in [0.05, 0.1) is 0 Å². The lowest BCUT2D eigenvalue weighted by molar-refractivity contribution is 0.407. The van der Waals surface area contributed by atoms with Gasteiger partial charge >= 0.3 is 0 Å². The van der Waals surface area contributed by atoms with Gasteiger partial charge in [-0.1, -0.05) is 11.6 Å². The van der Waals surface area contributed by atoms with E-state index in [1.807, 2.05) is 6.92 Å². The van der Waals surface area contributed by atoms with Crippen LogP contribution in [0.3, 0.4) is 0 Å². The lowest BCUT2D eigenvalue weighted by Gasteiger charge is -2.28. The van der Waals surface area contributed by atoms with Crippen molar-refractivity contribution in [1.29, 1.82) is 0 Å². The van der Waals surface area contributed by atoms with Crippen LogP contribution in [0.5, 0.6) is 0 Å². The SMILES string of the molecule is Cc1cc(Cl)c(C)c(C2(C)CCCN2)c1F. The van der Waals surface area contributed by atoms with Crippen molar-refractivity contribution < 1.29 is 4.39 Å². The fourth-order valence-electron chi connectivity index (χ4n) is 2.61. The minimum atomic E-state index is -0.260. The van der Waals surface area contributed by atoms with Crippen molar-refractivity contribution in [3.05, 3.63) is 33.6 Å². The predicted octanol–water partition coefficient (Wildman–Crippen LogP) is 3.69. The molecule has 1 nitrogen and oxygen atoms in total. The topological polar surface area (TPSA) is 12.0 Å². The summed E-state index contributed by atoms with van der Waals surface area (Å²) in [5, 5.41) is 4.04. The Morgan fingerprint density at radius 1 is 1.44 bits per heavy atom. The summed E-state index contributed by atoms with van der Waals surface area (Å²) >= 11 is 6.14. The van der Waals surface area contributed by atoms with E-state index in [1.165, 1.54) is 0 Å². The summed E-state index contributed by atoms with van der Waals surface area (Å²) < 4.78 is 14.2. The summed E-state index contributed by atoms with van der Waals surface area (Å²) in [5.74, 6) is -0.112. The van der Waals surface area contributed by atoms with Crippen molar-refractivity contribution in [2.45, 2.75) is 39.2 Å². The maximum absolute atomic E-state index is 14.2. The second-order valence-corrected chi connectivity index (χ2v) is 5.26. The molecule has 1 atom stereocenters. The molecule has 0 spiro atoms. The van der Waals surface area contributed by atoms with Crippen molar-refractivity contribution in [1.82, 2.24) is 5.32 Å². The van der Waals surface area contributed by atoms with Gasteiger partial charge in [0.25, 0.3) is 0 Å². The van der Waals surface area contributed by atoms with Crippen molar-refractivity contribution >= 4 is 11.6 Å². The van der Waals surface area contributed by atoms with Gasteiger partial charge in [0, 0.05) is 16.1 Å². The Hall–Kier alpha value is -0.600. The van der Waals surface area contributed by atoms with Crippen molar-refractivity contribution in [2.24, 2.45) is 0 Å². The minimum Gasteiger partial charge on any atom is -0.308 e. The molecule has 2 rings (SSSR count). The lowest BCUT2D eigenvalue weighted by atomic mass is 9.85. The number of hydrogen-bond donors (Lipinski definition) is 1. The highest BCUT2D eigenvalue weighted by atomic mass is 35.5. The molecule has 88 valence electrons. The molecule has 1 aliphatic heterocycles. The molecule has 0 radical (unpaired) electrons. The zero-order valence-electron chi connectivity index (χ0n) is 9.95. The molecule has 1 N–H and O–H groups in total. The fourth-order valence-corrected chi connectivity index (χ4v) is 2.87. The summed E-state index contributed by atoms with van der Waals surface area (Å²) in [6.07, 6.45) is 2.05. The molecule has 1 fully saturated rings. The second kappa shape index (κ2) is 4.01. The number of rotatable bonds is 1. The van der Waals surface area contributed by atoms with E-state index >= 15 is 0 Å². The highest BCUT2D eigenvalue weighted by Gasteiger charge is 2.35. The van der Waals surface area contributed by atoms with Crippen molar-refractivity contribution in [3.8, 4) is 0 Å². The molecular weight excluding hydrogens is 225 g/mol. The molecule has 1 aromatic carbocycles. The number of aryl methyl sites for hydroxylation is 1. The number of nitrogens with one attached hydrogen (secondary N) is 1. The standard InChI is InChI=1S/C13H17ClFN/c1-8-7-10(14)9(2)11(12(8)15)13(3)5-4-6-16-13/h7,16H,4-6H2,1-3H3. The molecule has 0 amide bonds. The van der Waals surface area contributed by atoms with E-state index in [2.05, 4.69) is 12.2 Å². The fraction of sp³-hybridized carbons (Fsp3) is 0.538. The lowest BCUT2D eigenvalue weighted by Crippen LogP contribution is -2.35. The summed E-state index contributed by atoms with van der Waals surface area (Å²) in [6.45, 7) is 6.66. The summed E-state index contributed by atoms with van der Waals surface area (Å²) in [4.78, 5) is 0. The van der Waals surface area contributed by atoms with E-state index in [4.69, 9.17) is 11.6 Å². The highest BCUT2D eigenvalue weighted by molar-refractivity contribution is 6.31. The van der Waals surface area contributed by atoms with Gasteiger partial charge in [-0.15, -0.1) is 0 Å². The van der Waals surface area contributed by atoms with Gasteiger partial charge in [0.2, 0.25) is 0 Å². The maximum atomic E-state index is 14.2. The molecule has 1 aliphatic rings. The monoisotopic (exact) mass is 241 g/mol. The van der Waals surface area contributed by atoms with Gasteiger partial charge in [-0.3, -0.25) is 0 Å². The maximum Gasteiger partial charge on any atom is 0.131 e. The van der Waals surface area contributed by atoms with Crippen LogP contribution >= 0.6 is 11.6 Å². The molecular formula is C13H17ClFN. The zero-order chi connectivity index (χ0) is 11.9. The van der Waals surface area contributed by atoms with Gasteiger partial charge < -0.3 is 5.32 Å². The number of halogens is 2. The second-order valence-electron chi connectivity index (χ2n) is 4.85. The minimum absolute atomic E-state index is 0.112. The van der Waals surface area contributed by atoms with Gasteiger partial charge in [-0.2, -0.15) is 0 Å². The van der Waals surface area contributed by atoms with Crippen molar-refractivity contribution in [2.75, 3.05) is 6.54 Å².